The van der Waals surface area contributed by atoms with Crippen molar-refractivity contribution in [2.24, 2.45) is 5.73 Å². The fourth-order valence-corrected chi connectivity index (χ4v) is 1.81. The Kier molecular flexibility index (Phi) is 5.05. The van der Waals surface area contributed by atoms with Crippen LogP contribution in [0.1, 0.15) is 32.2 Å². The topological polar surface area (TPSA) is 51.8 Å². The van der Waals surface area contributed by atoms with Crippen LogP contribution in [0.25, 0.3) is 0 Å². The van der Waals surface area contributed by atoms with Crippen molar-refractivity contribution in [3.63, 3.8) is 0 Å². The van der Waals surface area contributed by atoms with E-state index in [1.807, 2.05) is 31.1 Å². The molecule has 0 amide bonds. The number of hydrogen-bond donors (Lipinski definition) is 1. The lowest BCUT2D eigenvalue weighted by molar-refractivity contribution is 0.730. The molecule has 0 aromatic carbocycles. The summed E-state index contributed by atoms with van der Waals surface area (Å²) < 4.78 is 0. The second-order valence-electron chi connectivity index (χ2n) is 4.05. The highest BCUT2D eigenvalue weighted by Crippen LogP contribution is 2.14. The van der Waals surface area contributed by atoms with Crippen LogP contribution in [-0.2, 0) is 12.2 Å². The molecule has 1 atom stereocenters. The summed E-state index contributed by atoms with van der Waals surface area (Å²) >= 11 is 1.85. The summed E-state index contributed by atoms with van der Waals surface area (Å²) in [5.74, 6) is 1.79. The summed E-state index contributed by atoms with van der Waals surface area (Å²) in [6.45, 7) is 6.34. The summed E-state index contributed by atoms with van der Waals surface area (Å²) in [4.78, 5) is 8.63. The summed E-state index contributed by atoms with van der Waals surface area (Å²) in [5, 5.41) is 0.623. The average Bonchev–Trinajstić information content (AvgIpc) is 2.16. The lowest BCUT2D eigenvalue weighted by Crippen LogP contribution is -2.18. The van der Waals surface area contributed by atoms with E-state index >= 15 is 0 Å². The van der Waals surface area contributed by atoms with Gasteiger partial charge in [0.05, 0.1) is 5.75 Å². The van der Waals surface area contributed by atoms with Crippen molar-refractivity contribution >= 4 is 11.8 Å². The van der Waals surface area contributed by atoms with Crippen LogP contribution in [0.4, 0.5) is 0 Å². The first-order valence-electron chi connectivity index (χ1n) is 5.25. The maximum Gasteiger partial charge on any atom is 0.138 e. The van der Waals surface area contributed by atoms with Crippen LogP contribution in [0.3, 0.4) is 0 Å². The molecule has 0 aliphatic heterocycles. The Hall–Kier alpha value is -0.610. The summed E-state index contributed by atoms with van der Waals surface area (Å²) in [5.41, 5.74) is 6.82. The van der Waals surface area contributed by atoms with Gasteiger partial charge >= 0.3 is 0 Å². The third-order valence-corrected chi connectivity index (χ3v) is 2.95. The van der Waals surface area contributed by atoms with Gasteiger partial charge in [0.1, 0.15) is 5.82 Å². The fraction of sp³-hybridized carbons (Fsp3) is 0.636. The van der Waals surface area contributed by atoms with Crippen LogP contribution < -0.4 is 5.73 Å². The minimum Gasteiger partial charge on any atom is -0.328 e. The van der Waals surface area contributed by atoms with E-state index < -0.39 is 0 Å². The zero-order valence-electron chi connectivity index (χ0n) is 9.60. The van der Waals surface area contributed by atoms with Gasteiger partial charge in [0.15, 0.2) is 0 Å². The van der Waals surface area contributed by atoms with Crippen LogP contribution in [0.5, 0.6) is 0 Å². The molecule has 0 aliphatic carbocycles. The third kappa shape index (κ3) is 5.14. The lowest BCUT2D eigenvalue weighted by Gasteiger charge is -2.06. The van der Waals surface area contributed by atoms with Crippen molar-refractivity contribution < 1.29 is 0 Å². The first-order chi connectivity index (χ1) is 7.08. The normalized spacial score (nSPS) is 13.1. The molecule has 0 saturated heterocycles. The number of thioether (sulfide) groups is 1. The molecule has 1 heterocycles. The van der Waals surface area contributed by atoms with Crippen molar-refractivity contribution in [2.45, 2.75) is 44.2 Å². The van der Waals surface area contributed by atoms with Gasteiger partial charge in [-0.05, 0) is 24.2 Å². The minimum absolute atomic E-state index is 0.171. The molecule has 0 aliphatic rings. The third-order valence-electron chi connectivity index (χ3n) is 1.86. The van der Waals surface area contributed by atoms with E-state index in [0.29, 0.717) is 5.25 Å². The van der Waals surface area contributed by atoms with Crippen LogP contribution in [0.15, 0.2) is 12.4 Å². The van der Waals surface area contributed by atoms with Crippen molar-refractivity contribution in [3.8, 4) is 0 Å². The van der Waals surface area contributed by atoms with Gasteiger partial charge in [-0.3, -0.25) is 0 Å². The highest BCUT2D eigenvalue weighted by Gasteiger charge is 2.02. The first-order valence-corrected chi connectivity index (χ1v) is 6.29. The highest BCUT2D eigenvalue weighted by atomic mass is 32.2. The molecule has 1 unspecified atom stereocenters. The number of hydrogen-bond acceptors (Lipinski definition) is 4. The Labute approximate surface area is 95.9 Å². The van der Waals surface area contributed by atoms with Gasteiger partial charge in [-0.2, -0.15) is 11.8 Å². The predicted octanol–water partition coefficient (Wildman–Crippen LogP) is 2.01. The smallest absolute Gasteiger partial charge is 0.138 e. The molecule has 1 aromatic heterocycles. The zero-order valence-corrected chi connectivity index (χ0v) is 10.4. The molecular formula is C11H19N3S. The van der Waals surface area contributed by atoms with Crippen LogP contribution in [0.2, 0.25) is 0 Å². The minimum atomic E-state index is 0.171. The standard InChI is InChI=1S/C11H19N3S/c1-8(2)15-7-11-13-5-10(6-14-11)4-9(3)12/h5-6,8-9H,4,7,12H2,1-3H3. The molecule has 0 radical (unpaired) electrons. The average molecular weight is 225 g/mol. The fourth-order valence-electron chi connectivity index (χ4n) is 1.17. The molecule has 3 nitrogen and oxygen atoms in total. The number of nitrogens with two attached hydrogens (primary N) is 1. The van der Waals surface area contributed by atoms with Crippen molar-refractivity contribution in [3.05, 3.63) is 23.8 Å². The van der Waals surface area contributed by atoms with E-state index in [2.05, 4.69) is 23.8 Å². The molecule has 2 N–H and O–H groups in total. The molecule has 15 heavy (non-hydrogen) atoms. The van der Waals surface area contributed by atoms with Crippen LogP contribution in [-0.4, -0.2) is 21.3 Å². The van der Waals surface area contributed by atoms with Crippen molar-refractivity contribution in [1.29, 1.82) is 0 Å². The molecule has 1 aromatic rings. The monoisotopic (exact) mass is 225 g/mol. The maximum atomic E-state index is 5.70. The van der Waals surface area contributed by atoms with Gasteiger partial charge in [0, 0.05) is 18.4 Å². The lowest BCUT2D eigenvalue weighted by atomic mass is 10.1. The highest BCUT2D eigenvalue weighted by molar-refractivity contribution is 7.99. The molecule has 0 spiro atoms. The van der Waals surface area contributed by atoms with Gasteiger partial charge < -0.3 is 5.73 Å². The Morgan fingerprint density at radius 2 is 1.87 bits per heavy atom. The van der Waals surface area contributed by atoms with Crippen LogP contribution >= 0.6 is 11.8 Å². The molecule has 84 valence electrons. The summed E-state index contributed by atoms with van der Waals surface area (Å²) in [7, 11) is 0. The van der Waals surface area contributed by atoms with E-state index in [0.717, 1.165) is 23.6 Å². The molecule has 1 rings (SSSR count). The molecular weight excluding hydrogens is 206 g/mol. The van der Waals surface area contributed by atoms with E-state index in [4.69, 9.17) is 5.73 Å². The molecule has 0 fully saturated rings. The molecule has 0 bridgehead atoms. The number of aromatic nitrogens is 2. The van der Waals surface area contributed by atoms with E-state index in [9.17, 15) is 0 Å². The second kappa shape index (κ2) is 6.08. The molecule has 0 saturated carbocycles. The zero-order chi connectivity index (χ0) is 11.3. The molecule has 4 heteroatoms. The predicted molar refractivity (Wildman–Crippen MR) is 65.8 cm³/mol. The van der Waals surface area contributed by atoms with Gasteiger partial charge in [-0.15, -0.1) is 0 Å². The van der Waals surface area contributed by atoms with Gasteiger partial charge in [0.2, 0.25) is 0 Å². The summed E-state index contributed by atoms with van der Waals surface area (Å²) in [6.07, 6.45) is 4.61. The number of nitrogens with zero attached hydrogens (tertiary/aromatic N) is 2. The Morgan fingerprint density at radius 1 is 1.27 bits per heavy atom. The van der Waals surface area contributed by atoms with Crippen molar-refractivity contribution in [2.75, 3.05) is 0 Å². The van der Waals surface area contributed by atoms with E-state index in [-0.39, 0.29) is 6.04 Å². The Morgan fingerprint density at radius 3 is 2.33 bits per heavy atom. The van der Waals surface area contributed by atoms with Gasteiger partial charge in [-0.25, -0.2) is 9.97 Å². The number of rotatable bonds is 5. The largest absolute Gasteiger partial charge is 0.328 e. The SMILES string of the molecule is CC(N)Cc1cnc(CSC(C)C)nc1. The van der Waals surface area contributed by atoms with E-state index in [1.165, 1.54) is 0 Å². The van der Waals surface area contributed by atoms with Crippen molar-refractivity contribution in [1.82, 2.24) is 9.97 Å². The second-order valence-corrected chi connectivity index (χ2v) is 5.61. The van der Waals surface area contributed by atoms with E-state index in [1.54, 1.807) is 0 Å². The first kappa shape index (κ1) is 12.5. The maximum absolute atomic E-state index is 5.70. The quantitative estimate of drug-likeness (QED) is 0.833. The Balaban J connectivity index is 2.49. The van der Waals surface area contributed by atoms with Crippen LogP contribution in [0, 0.1) is 0 Å². The Bertz CT molecular complexity index is 282. The summed E-state index contributed by atoms with van der Waals surface area (Å²) in [6, 6.07) is 0.171. The van der Waals surface area contributed by atoms with Gasteiger partial charge in [-0.1, -0.05) is 13.8 Å². The van der Waals surface area contributed by atoms with Gasteiger partial charge in [0.25, 0.3) is 0 Å².